The fourth-order valence-corrected chi connectivity index (χ4v) is 2.57. The second-order valence-corrected chi connectivity index (χ2v) is 4.78. The molecule has 0 bridgehead atoms. The summed E-state index contributed by atoms with van der Waals surface area (Å²) in [5.41, 5.74) is 6.81. The molecule has 2 N–H and O–H groups in total. The third-order valence-electron chi connectivity index (χ3n) is 3.73. The first-order chi connectivity index (χ1) is 8.79. The molecule has 1 fully saturated rings. The van der Waals surface area contributed by atoms with Gasteiger partial charge in [-0.1, -0.05) is 13.3 Å². The van der Waals surface area contributed by atoms with Gasteiger partial charge in [0.1, 0.15) is 0 Å². The van der Waals surface area contributed by atoms with E-state index in [1.165, 1.54) is 0 Å². The Hall–Kier alpha value is -1.76. The van der Waals surface area contributed by atoms with Crippen molar-refractivity contribution in [1.29, 1.82) is 0 Å². The molecule has 2 aromatic rings. The number of nitrogens with zero attached hydrogens (tertiary/aromatic N) is 6. The van der Waals surface area contributed by atoms with E-state index >= 15 is 0 Å². The molecule has 18 heavy (non-hydrogen) atoms. The van der Waals surface area contributed by atoms with Crippen LogP contribution in [0.4, 0.5) is 5.82 Å². The average molecular weight is 247 g/mol. The first-order valence-corrected chi connectivity index (χ1v) is 6.32. The van der Waals surface area contributed by atoms with Crippen molar-refractivity contribution in [2.24, 2.45) is 11.7 Å². The van der Waals surface area contributed by atoms with Crippen molar-refractivity contribution < 1.29 is 0 Å². The molecule has 0 saturated carbocycles. The Kier molecular flexibility index (Phi) is 2.83. The van der Waals surface area contributed by atoms with Gasteiger partial charge in [0.25, 0.3) is 0 Å². The summed E-state index contributed by atoms with van der Waals surface area (Å²) in [6.45, 7) is 4.06. The maximum atomic E-state index is 6.13. The molecule has 3 heterocycles. The molecule has 7 nitrogen and oxygen atoms in total. The Balaban J connectivity index is 1.93. The lowest BCUT2D eigenvalue weighted by Gasteiger charge is -2.37. The molecule has 1 aliphatic rings. The normalized spacial score (nSPS) is 24.7. The number of nitrogens with two attached hydrogens (primary N) is 1. The van der Waals surface area contributed by atoms with Gasteiger partial charge in [-0.2, -0.15) is 4.52 Å². The quantitative estimate of drug-likeness (QED) is 0.809. The smallest absolute Gasteiger partial charge is 0.199 e. The van der Waals surface area contributed by atoms with Gasteiger partial charge in [0, 0.05) is 19.1 Å². The third kappa shape index (κ3) is 1.80. The number of piperidine rings is 1. The lowest BCUT2D eigenvalue weighted by Crippen LogP contribution is -2.47. The summed E-state index contributed by atoms with van der Waals surface area (Å²) in [4.78, 5) is 6.47. The summed E-state index contributed by atoms with van der Waals surface area (Å²) in [7, 11) is 0. The monoisotopic (exact) mass is 247 g/mol. The second-order valence-electron chi connectivity index (χ2n) is 4.78. The van der Waals surface area contributed by atoms with Crippen LogP contribution in [0.2, 0.25) is 0 Å². The zero-order valence-electron chi connectivity index (χ0n) is 10.4. The van der Waals surface area contributed by atoms with Crippen molar-refractivity contribution in [3.63, 3.8) is 0 Å². The highest BCUT2D eigenvalue weighted by Gasteiger charge is 2.26. The summed E-state index contributed by atoms with van der Waals surface area (Å²) in [6, 6.07) is 0.298. The molecule has 0 spiro atoms. The fraction of sp³-hybridized carbons (Fsp3) is 0.636. The van der Waals surface area contributed by atoms with Crippen LogP contribution in [0.15, 0.2) is 12.4 Å². The molecule has 2 aromatic heterocycles. The van der Waals surface area contributed by atoms with Gasteiger partial charge in [0.05, 0.1) is 12.4 Å². The van der Waals surface area contributed by atoms with Crippen LogP contribution in [-0.2, 0) is 0 Å². The highest BCUT2D eigenvalue weighted by atomic mass is 15.5. The predicted octanol–water partition coefficient (Wildman–Crippen LogP) is 0.0829. The zero-order valence-corrected chi connectivity index (χ0v) is 10.4. The van der Waals surface area contributed by atoms with Crippen LogP contribution in [0.25, 0.3) is 5.65 Å². The molecule has 0 aliphatic carbocycles. The fourth-order valence-electron chi connectivity index (χ4n) is 2.57. The molecule has 0 amide bonds. The van der Waals surface area contributed by atoms with Gasteiger partial charge in [-0.15, -0.1) is 5.10 Å². The largest absolute Gasteiger partial charge is 0.355 e. The van der Waals surface area contributed by atoms with Gasteiger partial charge in [0.2, 0.25) is 0 Å². The number of tetrazole rings is 1. The Morgan fingerprint density at radius 1 is 1.44 bits per heavy atom. The molecule has 3 rings (SSSR count). The lowest BCUT2D eigenvalue weighted by atomic mass is 9.91. The first-order valence-electron chi connectivity index (χ1n) is 6.32. The van der Waals surface area contributed by atoms with E-state index in [1.807, 2.05) is 6.20 Å². The number of fused-ring (bicyclic) bond motifs is 1. The van der Waals surface area contributed by atoms with Crippen LogP contribution in [0.3, 0.4) is 0 Å². The van der Waals surface area contributed by atoms with E-state index in [9.17, 15) is 0 Å². The maximum Gasteiger partial charge on any atom is 0.199 e. The molecule has 96 valence electrons. The highest BCUT2D eigenvalue weighted by Crippen LogP contribution is 2.23. The third-order valence-corrected chi connectivity index (χ3v) is 3.73. The first kappa shape index (κ1) is 11.3. The Bertz CT molecular complexity index is 537. The standard InChI is InChI=1S/C11H17N7/c1-2-8-7-17(4-3-9(8)12)11-6-13-5-10-14-15-16-18(10)11/h5-6,8-9H,2-4,7,12H2,1H3. The van der Waals surface area contributed by atoms with Crippen LogP contribution in [0.5, 0.6) is 0 Å². The minimum Gasteiger partial charge on any atom is -0.355 e. The minimum atomic E-state index is 0.298. The minimum absolute atomic E-state index is 0.298. The Morgan fingerprint density at radius 2 is 2.33 bits per heavy atom. The van der Waals surface area contributed by atoms with Gasteiger partial charge >= 0.3 is 0 Å². The summed E-state index contributed by atoms with van der Waals surface area (Å²) in [5.74, 6) is 1.47. The Labute approximate surface area is 105 Å². The van der Waals surface area contributed by atoms with Crippen molar-refractivity contribution >= 4 is 11.5 Å². The molecule has 2 unspecified atom stereocenters. The molecule has 1 aliphatic heterocycles. The zero-order chi connectivity index (χ0) is 12.5. The number of hydrogen-bond donors (Lipinski definition) is 1. The van der Waals surface area contributed by atoms with Gasteiger partial charge in [0.15, 0.2) is 11.5 Å². The van der Waals surface area contributed by atoms with E-state index < -0.39 is 0 Å². The van der Waals surface area contributed by atoms with Crippen LogP contribution >= 0.6 is 0 Å². The van der Waals surface area contributed by atoms with Crippen molar-refractivity contribution in [3.05, 3.63) is 12.4 Å². The van der Waals surface area contributed by atoms with Crippen molar-refractivity contribution in [2.75, 3.05) is 18.0 Å². The van der Waals surface area contributed by atoms with E-state index in [-0.39, 0.29) is 0 Å². The van der Waals surface area contributed by atoms with E-state index in [0.717, 1.165) is 31.7 Å². The topological polar surface area (TPSA) is 85.2 Å². The second kappa shape index (κ2) is 4.49. The van der Waals surface area contributed by atoms with Gasteiger partial charge in [-0.05, 0) is 22.8 Å². The van der Waals surface area contributed by atoms with Crippen molar-refractivity contribution in [2.45, 2.75) is 25.8 Å². The molecule has 2 atom stereocenters. The van der Waals surface area contributed by atoms with E-state index in [4.69, 9.17) is 5.73 Å². The Morgan fingerprint density at radius 3 is 3.17 bits per heavy atom. The summed E-state index contributed by atoms with van der Waals surface area (Å²) in [5, 5.41) is 11.6. The van der Waals surface area contributed by atoms with E-state index in [2.05, 4.69) is 32.3 Å². The molecular weight excluding hydrogens is 230 g/mol. The van der Waals surface area contributed by atoms with E-state index in [1.54, 1.807) is 10.7 Å². The SMILES string of the molecule is CCC1CN(c2cncc3nnnn23)CCC1N. The lowest BCUT2D eigenvalue weighted by molar-refractivity contribution is 0.345. The maximum absolute atomic E-state index is 6.13. The number of anilines is 1. The predicted molar refractivity (Wildman–Crippen MR) is 67.2 cm³/mol. The van der Waals surface area contributed by atoms with Crippen LogP contribution in [0, 0.1) is 5.92 Å². The van der Waals surface area contributed by atoms with Crippen molar-refractivity contribution in [1.82, 2.24) is 25.0 Å². The van der Waals surface area contributed by atoms with Gasteiger partial charge in [-0.3, -0.25) is 4.98 Å². The van der Waals surface area contributed by atoms with Gasteiger partial charge < -0.3 is 10.6 Å². The number of aromatic nitrogens is 5. The van der Waals surface area contributed by atoms with Crippen LogP contribution in [-0.4, -0.2) is 44.2 Å². The summed E-state index contributed by atoms with van der Waals surface area (Å²) in [6.07, 6.45) is 5.57. The van der Waals surface area contributed by atoms with Crippen LogP contribution < -0.4 is 10.6 Å². The average Bonchev–Trinajstić information content (AvgIpc) is 2.87. The van der Waals surface area contributed by atoms with Crippen LogP contribution in [0.1, 0.15) is 19.8 Å². The molecule has 7 heteroatoms. The molecular formula is C11H17N7. The number of hydrogen-bond acceptors (Lipinski definition) is 6. The van der Waals surface area contributed by atoms with Gasteiger partial charge in [-0.25, -0.2) is 0 Å². The molecule has 0 aromatic carbocycles. The van der Waals surface area contributed by atoms with Crippen molar-refractivity contribution in [3.8, 4) is 0 Å². The summed E-state index contributed by atoms with van der Waals surface area (Å²) >= 11 is 0. The molecule has 1 saturated heterocycles. The van der Waals surface area contributed by atoms with E-state index in [0.29, 0.717) is 17.6 Å². The highest BCUT2D eigenvalue weighted by molar-refractivity contribution is 5.46. The number of rotatable bonds is 2. The molecule has 0 radical (unpaired) electrons. The summed E-state index contributed by atoms with van der Waals surface area (Å²) < 4.78 is 1.73.